The fraction of sp³-hybridized carbons (Fsp3) is 0. The second-order valence-electron chi connectivity index (χ2n) is 15.7. The van der Waals surface area contributed by atoms with Crippen molar-refractivity contribution in [3.8, 4) is 55.6 Å². The molecule has 0 saturated carbocycles. The van der Waals surface area contributed by atoms with Gasteiger partial charge in [-0.15, -0.1) is 0 Å². The van der Waals surface area contributed by atoms with Gasteiger partial charge in [-0.1, -0.05) is 206 Å². The van der Waals surface area contributed by atoms with Crippen LogP contribution in [-0.2, 0) is 0 Å². The minimum atomic E-state index is 1.09. The van der Waals surface area contributed by atoms with Crippen LogP contribution in [0.2, 0.25) is 0 Å². The number of rotatable bonds is 8. The molecule has 0 unspecified atom stereocenters. The Kier molecular flexibility index (Phi) is 9.26. The van der Waals surface area contributed by atoms with Crippen LogP contribution in [0, 0.1) is 0 Å². The Hall–Kier alpha value is -8.00. The van der Waals surface area contributed by atoms with E-state index in [1.165, 1.54) is 88.0 Å². The van der Waals surface area contributed by atoms with Crippen molar-refractivity contribution in [3.05, 3.63) is 249 Å². The Morgan fingerprint density at radius 3 is 1.33 bits per heavy atom. The standard InChI is InChI=1S/C60H41N/c1-3-14-44(15-4-1)58-38-37-54(41-59(58)45-16-5-2-6-17-45)61(53-36-33-49-29-28-46-18-9-10-22-57(46)60(49)40-53)52-34-31-48(32-35-52)56-21-12-11-20-55(56)47-26-23-43(24-27-47)51-30-25-42-13-7-8-19-50(42)39-51/h1-41H. The van der Waals surface area contributed by atoms with Crippen LogP contribution in [0.4, 0.5) is 17.1 Å². The quantitative estimate of drug-likeness (QED) is 0.139. The van der Waals surface area contributed by atoms with Crippen LogP contribution in [0.1, 0.15) is 0 Å². The number of anilines is 3. The molecule has 0 fully saturated rings. The van der Waals surface area contributed by atoms with E-state index < -0.39 is 0 Å². The van der Waals surface area contributed by atoms with Gasteiger partial charge in [0.15, 0.2) is 0 Å². The Bertz CT molecular complexity index is 3330. The van der Waals surface area contributed by atoms with Gasteiger partial charge in [0.05, 0.1) is 0 Å². The topological polar surface area (TPSA) is 3.24 Å². The molecule has 0 saturated heterocycles. The highest BCUT2D eigenvalue weighted by Gasteiger charge is 2.18. The highest BCUT2D eigenvalue weighted by Crippen LogP contribution is 2.43. The lowest BCUT2D eigenvalue weighted by atomic mass is 9.92. The molecule has 0 N–H and O–H groups in total. The number of hydrogen-bond acceptors (Lipinski definition) is 1. The van der Waals surface area contributed by atoms with Crippen molar-refractivity contribution in [3.63, 3.8) is 0 Å². The van der Waals surface area contributed by atoms with E-state index in [2.05, 4.69) is 254 Å². The predicted octanol–water partition coefficient (Wildman–Crippen LogP) is 17.0. The van der Waals surface area contributed by atoms with E-state index in [-0.39, 0.29) is 0 Å². The molecule has 0 amide bonds. The maximum Gasteiger partial charge on any atom is 0.0468 e. The van der Waals surface area contributed by atoms with Crippen LogP contribution in [-0.4, -0.2) is 0 Å². The smallest absolute Gasteiger partial charge is 0.0468 e. The van der Waals surface area contributed by atoms with Crippen molar-refractivity contribution in [2.24, 2.45) is 0 Å². The molecule has 0 bridgehead atoms. The van der Waals surface area contributed by atoms with E-state index in [9.17, 15) is 0 Å². The number of nitrogens with zero attached hydrogens (tertiary/aromatic N) is 1. The summed E-state index contributed by atoms with van der Waals surface area (Å²) < 4.78 is 0. The molecule has 0 aromatic heterocycles. The van der Waals surface area contributed by atoms with Gasteiger partial charge >= 0.3 is 0 Å². The SMILES string of the molecule is c1ccc(-c2ccc(N(c3ccc(-c4ccccc4-c4ccc(-c5ccc6ccccc6c5)cc4)cc3)c3ccc4ccc5ccccc5c4c3)cc2-c2ccccc2)cc1. The summed E-state index contributed by atoms with van der Waals surface area (Å²) in [6.45, 7) is 0. The van der Waals surface area contributed by atoms with Gasteiger partial charge in [0, 0.05) is 17.1 Å². The van der Waals surface area contributed by atoms with Crippen LogP contribution in [0.5, 0.6) is 0 Å². The van der Waals surface area contributed by atoms with E-state index in [0.717, 1.165) is 17.1 Å². The molecule has 286 valence electrons. The van der Waals surface area contributed by atoms with Crippen molar-refractivity contribution >= 4 is 49.4 Å². The summed E-state index contributed by atoms with van der Waals surface area (Å²) in [5.74, 6) is 0. The van der Waals surface area contributed by atoms with E-state index in [1.807, 2.05) is 0 Å². The fourth-order valence-corrected chi connectivity index (χ4v) is 8.96. The average molecular weight is 776 g/mol. The molecule has 11 aromatic carbocycles. The lowest BCUT2D eigenvalue weighted by molar-refractivity contribution is 1.29. The second kappa shape index (κ2) is 15.6. The first kappa shape index (κ1) is 36.1. The van der Waals surface area contributed by atoms with Gasteiger partial charge < -0.3 is 4.90 Å². The van der Waals surface area contributed by atoms with Crippen LogP contribution in [0.15, 0.2) is 249 Å². The normalized spacial score (nSPS) is 11.3. The maximum atomic E-state index is 2.41. The second-order valence-corrected chi connectivity index (χ2v) is 15.7. The Morgan fingerprint density at radius 1 is 0.197 bits per heavy atom. The van der Waals surface area contributed by atoms with Gasteiger partial charge in [0.1, 0.15) is 0 Å². The zero-order valence-corrected chi connectivity index (χ0v) is 33.6. The summed E-state index contributed by atoms with van der Waals surface area (Å²) >= 11 is 0. The molecule has 1 nitrogen and oxygen atoms in total. The molecule has 61 heavy (non-hydrogen) atoms. The maximum absolute atomic E-state index is 2.41. The van der Waals surface area contributed by atoms with E-state index >= 15 is 0 Å². The summed E-state index contributed by atoms with van der Waals surface area (Å²) in [5.41, 5.74) is 15.3. The lowest BCUT2D eigenvalue weighted by Crippen LogP contribution is -2.10. The third-order valence-corrected chi connectivity index (χ3v) is 12.1. The molecule has 0 radical (unpaired) electrons. The summed E-state index contributed by atoms with van der Waals surface area (Å²) in [6.07, 6.45) is 0. The molecule has 0 aliphatic heterocycles. The predicted molar refractivity (Wildman–Crippen MR) is 261 cm³/mol. The summed E-state index contributed by atoms with van der Waals surface area (Å²) in [6, 6.07) is 90.5. The Labute approximate surface area is 357 Å². The van der Waals surface area contributed by atoms with Gasteiger partial charge in [-0.25, -0.2) is 0 Å². The molecule has 1 heteroatoms. The zero-order chi connectivity index (χ0) is 40.5. The fourth-order valence-electron chi connectivity index (χ4n) is 8.96. The van der Waals surface area contributed by atoms with Crippen LogP contribution >= 0.6 is 0 Å². The van der Waals surface area contributed by atoms with Gasteiger partial charge in [0.25, 0.3) is 0 Å². The molecule has 11 rings (SSSR count). The first-order valence-electron chi connectivity index (χ1n) is 21.0. The van der Waals surface area contributed by atoms with Gasteiger partial charge in [-0.05, 0) is 130 Å². The van der Waals surface area contributed by atoms with Crippen LogP contribution in [0.3, 0.4) is 0 Å². The van der Waals surface area contributed by atoms with Gasteiger partial charge in [0.2, 0.25) is 0 Å². The van der Waals surface area contributed by atoms with Crippen molar-refractivity contribution in [2.75, 3.05) is 4.90 Å². The molecule has 0 aliphatic rings. The largest absolute Gasteiger partial charge is 0.310 e. The monoisotopic (exact) mass is 775 g/mol. The number of benzene rings is 11. The minimum absolute atomic E-state index is 1.09. The average Bonchev–Trinajstić information content (AvgIpc) is 3.34. The molecule has 0 spiro atoms. The van der Waals surface area contributed by atoms with Gasteiger partial charge in [-0.3, -0.25) is 0 Å². The Morgan fingerprint density at radius 2 is 0.623 bits per heavy atom. The summed E-state index contributed by atoms with van der Waals surface area (Å²) in [4.78, 5) is 2.41. The third-order valence-electron chi connectivity index (χ3n) is 12.1. The molecule has 0 heterocycles. The van der Waals surface area contributed by atoms with Gasteiger partial charge in [-0.2, -0.15) is 0 Å². The highest BCUT2D eigenvalue weighted by molar-refractivity contribution is 6.09. The molecule has 11 aromatic rings. The highest BCUT2D eigenvalue weighted by atomic mass is 15.1. The van der Waals surface area contributed by atoms with Crippen molar-refractivity contribution < 1.29 is 0 Å². The van der Waals surface area contributed by atoms with Crippen molar-refractivity contribution in [1.82, 2.24) is 0 Å². The van der Waals surface area contributed by atoms with Crippen LogP contribution < -0.4 is 4.90 Å². The molecule has 0 atom stereocenters. The first-order valence-corrected chi connectivity index (χ1v) is 21.0. The van der Waals surface area contributed by atoms with E-state index in [4.69, 9.17) is 0 Å². The molecular weight excluding hydrogens is 735 g/mol. The van der Waals surface area contributed by atoms with Crippen LogP contribution in [0.25, 0.3) is 88.0 Å². The zero-order valence-electron chi connectivity index (χ0n) is 33.6. The molecule has 0 aliphatic carbocycles. The van der Waals surface area contributed by atoms with Crippen molar-refractivity contribution in [1.29, 1.82) is 0 Å². The number of fused-ring (bicyclic) bond motifs is 4. The molecular formula is C60H41N. The summed E-state index contributed by atoms with van der Waals surface area (Å²) in [5, 5.41) is 7.47. The van der Waals surface area contributed by atoms with E-state index in [0.29, 0.717) is 0 Å². The first-order chi connectivity index (χ1) is 30.2. The van der Waals surface area contributed by atoms with Crippen molar-refractivity contribution in [2.45, 2.75) is 0 Å². The lowest BCUT2D eigenvalue weighted by Gasteiger charge is -2.27. The summed E-state index contributed by atoms with van der Waals surface area (Å²) in [7, 11) is 0. The third kappa shape index (κ3) is 6.93. The number of hydrogen-bond donors (Lipinski definition) is 0. The Balaban J connectivity index is 1.01. The van der Waals surface area contributed by atoms with E-state index in [1.54, 1.807) is 0 Å². The minimum Gasteiger partial charge on any atom is -0.310 e.